The molecule has 30 heavy (non-hydrogen) atoms. The van der Waals surface area contributed by atoms with Crippen LogP contribution < -0.4 is 14.9 Å². The van der Waals surface area contributed by atoms with Crippen molar-refractivity contribution < 1.29 is 4.79 Å². The second-order valence-electron chi connectivity index (χ2n) is 7.94. The highest BCUT2D eigenvalue weighted by Gasteiger charge is 2.33. The number of aromatic amines is 1. The number of carbonyl (C=O) groups is 1. The maximum absolute atomic E-state index is 13.1. The molecule has 7 heteroatoms. The normalized spacial score (nSPS) is 21.1. The first-order valence-corrected chi connectivity index (χ1v) is 11.7. The number of nitrogens with one attached hydrogen (secondary N) is 3. The Morgan fingerprint density at radius 2 is 2.07 bits per heavy atom. The lowest BCUT2D eigenvalue weighted by Crippen LogP contribution is -2.35. The van der Waals surface area contributed by atoms with Gasteiger partial charge in [0.05, 0.1) is 11.1 Å². The van der Waals surface area contributed by atoms with E-state index in [1.807, 2.05) is 11.1 Å². The summed E-state index contributed by atoms with van der Waals surface area (Å²) in [4.78, 5) is 19.4. The molecule has 1 aromatic heterocycles. The van der Waals surface area contributed by atoms with E-state index in [2.05, 4.69) is 51.5 Å². The van der Waals surface area contributed by atoms with E-state index >= 15 is 0 Å². The number of hydrogen-bond acceptors (Lipinski definition) is 4. The van der Waals surface area contributed by atoms with Crippen LogP contribution in [0.5, 0.6) is 0 Å². The van der Waals surface area contributed by atoms with Gasteiger partial charge >= 0.3 is 0 Å². The van der Waals surface area contributed by atoms with E-state index in [0.29, 0.717) is 0 Å². The second-order valence-corrected chi connectivity index (χ2v) is 9.31. The molecule has 5 nitrogen and oxygen atoms in total. The zero-order valence-corrected chi connectivity index (χ0v) is 18.3. The average Bonchev–Trinajstić information content (AvgIpc) is 3.09. The summed E-state index contributed by atoms with van der Waals surface area (Å²) in [6, 6.07) is 6.34. The molecule has 2 aliphatic heterocycles. The third-order valence-corrected chi connectivity index (χ3v) is 7.25. The predicted molar refractivity (Wildman–Crippen MR) is 126 cm³/mol. The SMILES string of the molecule is O=C1[C@@H](NSC2=Cc3[nH]cc(Cl)c3C=CC2)CCN1c1ccc2c(c1)CCNCC2. The van der Waals surface area contributed by atoms with Gasteiger partial charge in [-0.1, -0.05) is 29.8 Å². The van der Waals surface area contributed by atoms with E-state index in [-0.39, 0.29) is 11.9 Å². The van der Waals surface area contributed by atoms with Crippen molar-refractivity contribution in [3.05, 3.63) is 62.8 Å². The van der Waals surface area contributed by atoms with Gasteiger partial charge in [-0.05, 0) is 80.1 Å². The summed E-state index contributed by atoms with van der Waals surface area (Å²) in [6.45, 7) is 2.78. The molecule has 1 atom stereocenters. The Bertz CT molecular complexity index is 1030. The third kappa shape index (κ3) is 3.97. The highest BCUT2D eigenvalue weighted by molar-refractivity contribution is 8.01. The van der Waals surface area contributed by atoms with Crippen molar-refractivity contribution in [3.63, 3.8) is 0 Å². The molecule has 0 bridgehead atoms. The van der Waals surface area contributed by atoms with Gasteiger partial charge in [0.1, 0.15) is 0 Å². The molecule has 5 rings (SSSR count). The fraction of sp³-hybridized carbons (Fsp3) is 0.348. The molecule has 0 unspecified atom stereocenters. The van der Waals surface area contributed by atoms with Crippen molar-refractivity contribution in [1.82, 2.24) is 15.0 Å². The number of halogens is 1. The summed E-state index contributed by atoms with van der Waals surface area (Å²) >= 11 is 7.77. The largest absolute Gasteiger partial charge is 0.360 e. The monoisotopic (exact) mass is 440 g/mol. The minimum Gasteiger partial charge on any atom is -0.360 e. The van der Waals surface area contributed by atoms with Crippen molar-refractivity contribution in [2.45, 2.75) is 31.7 Å². The van der Waals surface area contributed by atoms with Gasteiger partial charge in [0.25, 0.3) is 0 Å². The number of rotatable bonds is 4. The number of H-pyrrole nitrogens is 1. The number of allylic oxidation sites excluding steroid dienone is 2. The molecule has 3 aliphatic rings. The molecular weight excluding hydrogens is 416 g/mol. The molecule has 2 aromatic rings. The fourth-order valence-corrected chi connectivity index (χ4v) is 5.41. The number of aromatic nitrogens is 1. The lowest BCUT2D eigenvalue weighted by atomic mass is 10.0. The summed E-state index contributed by atoms with van der Waals surface area (Å²) in [5.74, 6) is 0.155. The van der Waals surface area contributed by atoms with Crippen molar-refractivity contribution in [2.75, 3.05) is 24.5 Å². The van der Waals surface area contributed by atoms with Gasteiger partial charge in [0, 0.05) is 34.6 Å². The second kappa shape index (κ2) is 8.63. The van der Waals surface area contributed by atoms with E-state index in [1.54, 1.807) is 11.9 Å². The van der Waals surface area contributed by atoms with Crippen LogP contribution in [0.2, 0.25) is 5.02 Å². The summed E-state index contributed by atoms with van der Waals surface area (Å²) in [7, 11) is 0. The van der Waals surface area contributed by atoms with Crippen molar-refractivity contribution in [2.24, 2.45) is 0 Å². The van der Waals surface area contributed by atoms with Crippen LogP contribution in [0.25, 0.3) is 12.2 Å². The van der Waals surface area contributed by atoms with Gasteiger partial charge in [-0.25, -0.2) is 4.72 Å². The van der Waals surface area contributed by atoms with Gasteiger partial charge in [0.15, 0.2) is 0 Å². The molecule has 1 aromatic carbocycles. The standard InChI is InChI=1S/C23H25ClN4OS/c24-20-14-26-22-13-18(2-1-3-19(20)22)30-27-21-8-11-28(23(21)29)17-5-4-15-6-9-25-10-7-16(15)12-17/h1,3-5,12-14,21,25-27H,2,6-11H2/t21-/m0/s1. The highest BCUT2D eigenvalue weighted by atomic mass is 35.5. The quantitative estimate of drug-likeness (QED) is 0.625. The van der Waals surface area contributed by atoms with E-state index in [0.717, 1.165) is 72.2 Å². The minimum absolute atomic E-state index is 0.155. The third-order valence-electron chi connectivity index (χ3n) is 5.99. The van der Waals surface area contributed by atoms with Gasteiger partial charge in [-0.3, -0.25) is 4.79 Å². The Kier molecular flexibility index (Phi) is 5.74. The molecular formula is C23H25ClN4OS. The summed E-state index contributed by atoms with van der Waals surface area (Å²) in [5, 5.41) is 4.18. The lowest BCUT2D eigenvalue weighted by Gasteiger charge is -2.19. The molecule has 0 spiro atoms. The van der Waals surface area contributed by atoms with E-state index in [1.165, 1.54) is 11.1 Å². The summed E-state index contributed by atoms with van der Waals surface area (Å²) < 4.78 is 3.40. The number of nitrogens with zero attached hydrogens (tertiary/aromatic N) is 1. The maximum Gasteiger partial charge on any atom is 0.245 e. The molecule has 1 aliphatic carbocycles. The minimum atomic E-state index is -0.171. The van der Waals surface area contributed by atoms with Crippen LogP contribution >= 0.6 is 23.5 Å². The van der Waals surface area contributed by atoms with Crippen LogP contribution in [-0.4, -0.2) is 36.6 Å². The van der Waals surface area contributed by atoms with Crippen LogP contribution in [0, 0.1) is 0 Å². The first-order valence-electron chi connectivity index (χ1n) is 10.5. The topological polar surface area (TPSA) is 60.2 Å². The van der Waals surface area contributed by atoms with Crippen molar-refractivity contribution >= 4 is 47.3 Å². The Hall–Kier alpha value is -1.99. The number of amides is 1. The Labute approximate surface area is 186 Å². The van der Waals surface area contributed by atoms with Gasteiger partial charge in [-0.2, -0.15) is 0 Å². The first-order chi connectivity index (χ1) is 14.7. The van der Waals surface area contributed by atoms with Crippen LogP contribution in [0.1, 0.15) is 35.2 Å². The van der Waals surface area contributed by atoms with Crippen LogP contribution in [-0.2, 0) is 17.6 Å². The van der Waals surface area contributed by atoms with Crippen LogP contribution in [0.15, 0.2) is 35.4 Å². The van der Waals surface area contributed by atoms with Crippen LogP contribution in [0.4, 0.5) is 5.69 Å². The van der Waals surface area contributed by atoms with Gasteiger partial charge in [-0.15, -0.1) is 0 Å². The Morgan fingerprint density at radius 1 is 1.20 bits per heavy atom. The molecule has 3 heterocycles. The van der Waals surface area contributed by atoms with Crippen molar-refractivity contribution in [1.29, 1.82) is 0 Å². The zero-order valence-electron chi connectivity index (χ0n) is 16.7. The molecule has 1 saturated heterocycles. The highest BCUT2D eigenvalue weighted by Crippen LogP contribution is 2.32. The first kappa shape index (κ1) is 19.9. The smallest absolute Gasteiger partial charge is 0.245 e. The van der Waals surface area contributed by atoms with Crippen LogP contribution in [0.3, 0.4) is 0 Å². The maximum atomic E-state index is 13.1. The number of hydrogen-bond donors (Lipinski definition) is 3. The van der Waals surface area contributed by atoms with Crippen molar-refractivity contribution in [3.8, 4) is 0 Å². The fourth-order valence-electron chi connectivity index (χ4n) is 4.32. The number of carbonyl (C=O) groups excluding carboxylic acids is 1. The van der Waals surface area contributed by atoms with Gasteiger partial charge < -0.3 is 15.2 Å². The number of benzene rings is 1. The van der Waals surface area contributed by atoms with E-state index in [9.17, 15) is 4.79 Å². The average molecular weight is 441 g/mol. The molecule has 156 valence electrons. The molecule has 0 radical (unpaired) electrons. The van der Waals surface area contributed by atoms with E-state index < -0.39 is 0 Å². The number of anilines is 1. The zero-order chi connectivity index (χ0) is 20.5. The Balaban J connectivity index is 1.25. The van der Waals surface area contributed by atoms with Gasteiger partial charge in [0.2, 0.25) is 5.91 Å². The number of fused-ring (bicyclic) bond motifs is 2. The molecule has 1 amide bonds. The van der Waals surface area contributed by atoms with E-state index in [4.69, 9.17) is 11.6 Å². The lowest BCUT2D eigenvalue weighted by molar-refractivity contribution is -0.118. The Morgan fingerprint density at radius 3 is 2.97 bits per heavy atom. The molecule has 1 fully saturated rings. The molecule has 3 N–H and O–H groups in total. The predicted octanol–water partition coefficient (Wildman–Crippen LogP) is 4.16. The summed E-state index contributed by atoms with van der Waals surface area (Å²) in [5.41, 5.74) is 5.83. The molecule has 0 saturated carbocycles. The summed E-state index contributed by atoms with van der Waals surface area (Å²) in [6.07, 6.45) is 11.8.